The highest BCUT2D eigenvalue weighted by Gasteiger charge is 2.09. The van der Waals surface area contributed by atoms with Crippen LogP contribution in [-0.2, 0) is 0 Å². The Kier molecular flexibility index (Phi) is 13.4. The van der Waals surface area contributed by atoms with E-state index in [0.717, 1.165) is 47.6 Å². The quantitative estimate of drug-likeness (QED) is 0.214. The zero-order valence-corrected chi connectivity index (χ0v) is 21.5. The van der Waals surface area contributed by atoms with Crippen LogP contribution in [0.3, 0.4) is 0 Å². The lowest BCUT2D eigenvalue weighted by Crippen LogP contribution is -1.86. The summed E-state index contributed by atoms with van der Waals surface area (Å²) in [6.07, 6.45) is 17.3. The minimum Gasteiger partial charge on any atom is -0.0978 e. The summed E-state index contributed by atoms with van der Waals surface area (Å²) in [6, 6.07) is 8.02. The standard InChI is InChI=1S/C30H38Cl2/c1-3-5-7-9-11-13-15-17-19-25-21-23-28-27(29(25)31)24-22-26(30(28)32)20-18-16-14-12-10-8-6-4-2/h21-24H,3-16H2,1-2H3. The molecule has 0 amide bonds. The molecule has 0 heterocycles. The van der Waals surface area contributed by atoms with Crippen molar-refractivity contribution >= 4 is 34.0 Å². The average molecular weight is 470 g/mol. The molecule has 0 N–H and O–H groups in total. The number of hydrogen-bond acceptors (Lipinski definition) is 0. The summed E-state index contributed by atoms with van der Waals surface area (Å²) >= 11 is 13.3. The van der Waals surface area contributed by atoms with Crippen LogP contribution in [0.4, 0.5) is 0 Å². The third-order valence-electron chi connectivity index (χ3n) is 5.83. The zero-order valence-electron chi connectivity index (χ0n) is 20.0. The topological polar surface area (TPSA) is 0 Å². The minimum atomic E-state index is 0.687. The van der Waals surface area contributed by atoms with E-state index in [1.54, 1.807) is 0 Å². The first-order valence-electron chi connectivity index (χ1n) is 12.6. The van der Waals surface area contributed by atoms with Crippen molar-refractivity contribution in [1.29, 1.82) is 0 Å². The van der Waals surface area contributed by atoms with E-state index in [1.165, 1.54) is 64.2 Å². The van der Waals surface area contributed by atoms with E-state index < -0.39 is 0 Å². The Bertz CT molecular complexity index is 871. The molecule has 2 rings (SSSR count). The maximum Gasteiger partial charge on any atom is 0.0641 e. The number of rotatable bonds is 12. The normalized spacial score (nSPS) is 10.5. The lowest BCUT2D eigenvalue weighted by molar-refractivity contribution is 0.614. The first-order chi connectivity index (χ1) is 15.7. The van der Waals surface area contributed by atoms with E-state index in [-0.39, 0.29) is 0 Å². The van der Waals surface area contributed by atoms with Crippen molar-refractivity contribution in [2.75, 3.05) is 0 Å². The van der Waals surface area contributed by atoms with Gasteiger partial charge in [0.25, 0.3) is 0 Å². The van der Waals surface area contributed by atoms with Crippen LogP contribution in [0.2, 0.25) is 10.0 Å². The number of fused-ring (bicyclic) bond motifs is 1. The molecule has 0 aromatic heterocycles. The van der Waals surface area contributed by atoms with Gasteiger partial charge in [-0.3, -0.25) is 0 Å². The second-order valence-corrected chi connectivity index (χ2v) is 9.34. The van der Waals surface area contributed by atoms with E-state index in [2.05, 4.69) is 37.5 Å². The van der Waals surface area contributed by atoms with E-state index in [0.29, 0.717) is 10.0 Å². The first kappa shape index (κ1) is 26.7. The van der Waals surface area contributed by atoms with Crippen LogP contribution in [0, 0.1) is 23.7 Å². The molecule has 0 bridgehead atoms. The van der Waals surface area contributed by atoms with Crippen LogP contribution in [0.15, 0.2) is 24.3 Å². The lowest BCUT2D eigenvalue weighted by atomic mass is 10.0. The maximum absolute atomic E-state index is 6.66. The van der Waals surface area contributed by atoms with Crippen LogP contribution in [0.5, 0.6) is 0 Å². The van der Waals surface area contributed by atoms with Gasteiger partial charge in [0.15, 0.2) is 0 Å². The van der Waals surface area contributed by atoms with Crippen molar-refractivity contribution in [2.24, 2.45) is 0 Å². The van der Waals surface area contributed by atoms with Gasteiger partial charge in [0.2, 0.25) is 0 Å². The fraction of sp³-hybridized carbons (Fsp3) is 0.533. The summed E-state index contributed by atoms with van der Waals surface area (Å²) in [5.41, 5.74) is 1.76. The van der Waals surface area contributed by atoms with Crippen LogP contribution in [0.1, 0.15) is 115 Å². The number of unbranched alkanes of at least 4 members (excludes halogenated alkanes) is 12. The van der Waals surface area contributed by atoms with Crippen molar-refractivity contribution in [3.8, 4) is 23.7 Å². The first-order valence-corrected chi connectivity index (χ1v) is 13.3. The van der Waals surface area contributed by atoms with Gasteiger partial charge in [0.1, 0.15) is 0 Å². The molecule has 0 fully saturated rings. The SMILES string of the molecule is CCCCCCCCC#Cc1ccc2c(Cl)c(C#CCCCCCCCC)ccc2c1Cl. The highest BCUT2D eigenvalue weighted by atomic mass is 35.5. The highest BCUT2D eigenvalue weighted by molar-refractivity contribution is 6.41. The van der Waals surface area contributed by atoms with Gasteiger partial charge < -0.3 is 0 Å². The fourth-order valence-electron chi connectivity index (χ4n) is 3.83. The predicted octanol–water partition coefficient (Wildman–Crippen LogP) is 10.4. The molecular formula is C30H38Cl2. The Balaban J connectivity index is 1.94. The molecule has 0 aliphatic rings. The molecule has 0 aliphatic heterocycles. The van der Waals surface area contributed by atoms with Gasteiger partial charge in [0, 0.05) is 34.7 Å². The van der Waals surface area contributed by atoms with Crippen molar-refractivity contribution in [3.63, 3.8) is 0 Å². The van der Waals surface area contributed by atoms with E-state index in [9.17, 15) is 0 Å². The molecular weight excluding hydrogens is 431 g/mol. The summed E-state index contributed by atoms with van der Waals surface area (Å²) in [7, 11) is 0. The second-order valence-electron chi connectivity index (χ2n) is 8.59. The van der Waals surface area contributed by atoms with Gasteiger partial charge in [-0.15, -0.1) is 0 Å². The van der Waals surface area contributed by atoms with Crippen molar-refractivity contribution < 1.29 is 0 Å². The summed E-state index contributed by atoms with van der Waals surface area (Å²) in [5, 5.41) is 3.27. The minimum absolute atomic E-state index is 0.687. The predicted molar refractivity (Wildman–Crippen MR) is 144 cm³/mol. The average Bonchev–Trinajstić information content (AvgIpc) is 2.80. The molecule has 0 saturated heterocycles. The van der Waals surface area contributed by atoms with Gasteiger partial charge in [-0.05, 0) is 25.0 Å². The third-order valence-corrected chi connectivity index (χ3v) is 6.64. The van der Waals surface area contributed by atoms with Crippen LogP contribution >= 0.6 is 23.2 Å². The monoisotopic (exact) mass is 468 g/mol. The van der Waals surface area contributed by atoms with Crippen molar-refractivity contribution in [3.05, 3.63) is 45.4 Å². The summed E-state index contributed by atoms with van der Waals surface area (Å²) in [6.45, 7) is 4.49. The largest absolute Gasteiger partial charge is 0.0978 e. The Morgan fingerprint density at radius 2 is 0.906 bits per heavy atom. The lowest BCUT2D eigenvalue weighted by Gasteiger charge is -2.07. The highest BCUT2D eigenvalue weighted by Crippen LogP contribution is 2.33. The summed E-state index contributed by atoms with van der Waals surface area (Å²) < 4.78 is 0. The molecule has 32 heavy (non-hydrogen) atoms. The maximum atomic E-state index is 6.66. The van der Waals surface area contributed by atoms with E-state index in [4.69, 9.17) is 23.2 Å². The molecule has 0 saturated carbocycles. The molecule has 0 unspecified atom stereocenters. The Labute approximate surface area is 206 Å². The molecule has 0 spiro atoms. The molecule has 0 aliphatic carbocycles. The van der Waals surface area contributed by atoms with Crippen LogP contribution < -0.4 is 0 Å². The molecule has 0 nitrogen and oxygen atoms in total. The Morgan fingerprint density at radius 1 is 0.531 bits per heavy atom. The molecule has 172 valence electrons. The number of halogens is 2. The zero-order chi connectivity index (χ0) is 23.0. The number of hydrogen-bond donors (Lipinski definition) is 0. The number of benzene rings is 2. The third kappa shape index (κ3) is 9.10. The van der Waals surface area contributed by atoms with Crippen LogP contribution in [-0.4, -0.2) is 0 Å². The van der Waals surface area contributed by atoms with Gasteiger partial charge in [-0.1, -0.05) is 137 Å². The Morgan fingerprint density at radius 3 is 1.31 bits per heavy atom. The van der Waals surface area contributed by atoms with Gasteiger partial charge in [-0.2, -0.15) is 0 Å². The second kappa shape index (κ2) is 16.1. The van der Waals surface area contributed by atoms with E-state index >= 15 is 0 Å². The van der Waals surface area contributed by atoms with Crippen LogP contribution in [0.25, 0.3) is 10.8 Å². The molecule has 2 heteroatoms. The van der Waals surface area contributed by atoms with Crippen molar-refractivity contribution in [1.82, 2.24) is 0 Å². The van der Waals surface area contributed by atoms with Gasteiger partial charge in [0.05, 0.1) is 10.0 Å². The van der Waals surface area contributed by atoms with Crippen molar-refractivity contribution in [2.45, 2.75) is 104 Å². The fourth-order valence-corrected chi connectivity index (χ4v) is 4.38. The smallest absolute Gasteiger partial charge is 0.0641 e. The molecule has 0 atom stereocenters. The summed E-state index contributed by atoms with van der Waals surface area (Å²) in [5.74, 6) is 13.1. The summed E-state index contributed by atoms with van der Waals surface area (Å²) in [4.78, 5) is 0. The Hall–Kier alpha value is -1.60. The molecule has 2 aromatic carbocycles. The molecule has 0 radical (unpaired) electrons. The van der Waals surface area contributed by atoms with E-state index in [1.807, 2.05) is 24.3 Å². The van der Waals surface area contributed by atoms with Gasteiger partial charge in [-0.25, -0.2) is 0 Å². The van der Waals surface area contributed by atoms with Gasteiger partial charge >= 0.3 is 0 Å². The molecule has 2 aromatic rings.